The first-order valence-electron chi connectivity index (χ1n) is 9.15. The van der Waals surface area contributed by atoms with Gasteiger partial charge in [0.25, 0.3) is 5.91 Å². The lowest BCUT2D eigenvalue weighted by molar-refractivity contribution is -0.145. The second kappa shape index (κ2) is 9.45. The maximum Gasteiger partial charge on any atom is 0.252 e. The molecule has 0 aliphatic carbocycles. The molecule has 9 heteroatoms. The lowest BCUT2D eigenvalue weighted by Gasteiger charge is -2.33. The highest BCUT2D eigenvalue weighted by Gasteiger charge is 2.35. The van der Waals surface area contributed by atoms with Crippen LogP contribution in [0.15, 0.2) is 53.4 Å². The number of carbonyl (C=O) groups is 1. The number of carbonyl (C=O) groups excluding carboxylic acids is 1. The summed E-state index contributed by atoms with van der Waals surface area (Å²) in [6.45, 7) is 0.756. The second-order valence-corrected chi connectivity index (χ2v) is 9.54. The Bertz CT molecular complexity index is 967. The number of benzene rings is 2. The number of halogens is 2. The van der Waals surface area contributed by atoms with Crippen molar-refractivity contribution in [2.75, 3.05) is 33.3 Å². The molecule has 6 nitrogen and oxygen atoms in total. The summed E-state index contributed by atoms with van der Waals surface area (Å²) in [6, 6.07) is 13.7. The Morgan fingerprint density at radius 3 is 2.55 bits per heavy atom. The molecule has 2 aromatic rings. The summed E-state index contributed by atoms with van der Waals surface area (Å²) in [5.74, 6) is -0.252. The molecule has 0 aromatic heterocycles. The summed E-state index contributed by atoms with van der Waals surface area (Å²) in [7, 11) is -2.12. The molecular formula is C20H22Cl2N2O4S. The molecule has 0 radical (unpaired) electrons. The van der Waals surface area contributed by atoms with Crippen molar-refractivity contribution in [2.24, 2.45) is 0 Å². The van der Waals surface area contributed by atoms with E-state index < -0.39 is 16.1 Å². The van der Waals surface area contributed by atoms with E-state index in [4.69, 9.17) is 27.9 Å². The number of hydrogen-bond donors (Lipinski definition) is 0. The van der Waals surface area contributed by atoms with Crippen molar-refractivity contribution in [3.05, 3.63) is 64.1 Å². The smallest absolute Gasteiger partial charge is 0.252 e. The largest absolute Gasteiger partial charge is 0.366 e. The summed E-state index contributed by atoms with van der Waals surface area (Å²) >= 11 is 12.0. The van der Waals surface area contributed by atoms with Crippen LogP contribution < -0.4 is 0 Å². The Morgan fingerprint density at radius 1 is 1.17 bits per heavy atom. The minimum atomic E-state index is -3.81. The third kappa shape index (κ3) is 5.29. The van der Waals surface area contributed by atoms with Crippen LogP contribution in [0.2, 0.25) is 10.0 Å². The summed E-state index contributed by atoms with van der Waals surface area (Å²) < 4.78 is 32.7. The molecule has 3 rings (SSSR count). The molecule has 1 unspecified atom stereocenters. The number of hydrogen-bond acceptors (Lipinski definition) is 4. The third-order valence-electron chi connectivity index (χ3n) is 4.78. The predicted molar refractivity (Wildman–Crippen MR) is 113 cm³/mol. The number of amides is 1. The number of likely N-dealkylation sites (N-methyl/N-ethyl adjacent to an activating group) is 1. The Hall–Kier alpha value is -1.64. The van der Waals surface area contributed by atoms with Gasteiger partial charge in [-0.05, 0) is 36.2 Å². The molecule has 1 saturated heterocycles. The number of rotatable bonds is 6. The zero-order chi connectivity index (χ0) is 21.0. The van der Waals surface area contributed by atoms with E-state index in [0.29, 0.717) is 18.0 Å². The van der Waals surface area contributed by atoms with E-state index in [0.717, 1.165) is 5.56 Å². The molecule has 1 amide bonds. The van der Waals surface area contributed by atoms with Gasteiger partial charge < -0.3 is 9.64 Å². The number of ether oxygens (including phenoxy) is 1. The maximum absolute atomic E-state index is 12.9. The van der Waals surface area contributed by atoms with Crippen molar-refractivity contribution in [2.45, 2.75) is 17.4 Å². The highest BCUT2D eigenvalue weighted by atomic mass is 35.5. The van der Waals surface area contributed by atoms with Crippen molar-refractivity contribution < 1.29 is 17.9 Å². The summed E-state index contributed by atoms with van der Waals surface area (Å²) in [5.41, 5.74) is 1.06. The second-order valence-electron chi connectivity index (χ2n) is 6.79. The fraction of sp³-hybridized carbons (Fsp3) is 0.350. The van der Waals surface area contributed by atoms with E-state index in [9.17, 15) is 13.2 Å². The van der Waals surface area contributed by atoms with E-state index in [1.165, 1.54) is 16.4 Å². The molecule has 2 aromatic carbocycles. The predicted octanol–water partition coefficient (Wildman–Crippen LogP) is 3.08. The molecule has 1 heterocycles. The van der Waals surface area contributed by atoms with Crippen LogP contribution in [-0.2, 0) is 26.0 Å². The minimum absolute atomic E-state index is 0.0332. The molecule has 29 heavy (non-hydrogen) atoms. The monoisotopic (exact) mass is 456 g/mol. The van der Waals surface area contributed by atoms with E-state index in [1.807, 2.05) is 12.1 Å². The summed E-state index contributed by atoms with van der Waals surface area (Å²) in [6.07, 6.45) is -0.190. The van der Waals surface area contributed by atoms with Gasteiger partial charge in [0.15, 0.2) is 0 Å². The van der Waals surface area contributed by atoms with Gasteiger partial charge in [0, 0.05) is 31.7 Å². The number of sulfonamides is 1. The minimum Gasteiger partial charge on any atom is -0.366 e. The number of nitrogens with zero attached hydrogens (tertiary/aromatic N) is 2. The van der Waals surface area contributed by atoms with Gasteiger partial charge in [-0.1, -0.05) is 47.5 Å². The topological polar surface area (TPSA) is 66.9 Å². The first-order chi connectivity index (χ1) is 13.8. The van der Waals surface area contributed by atoms with Gasteiger partial charge in [-0.2, -0.15) is 4.31 Å². The van der Waals surface area contributed by atoms with Crippen molar-refractivity contribution >= 4 is 39.1 Å². The van der Waals surface area contributed by atoms with Crippen molar-refractivity contribution in [1.29, 1.82) is 0 Å². The van der Waals surface area contributed by atoms with Gasteiger partial charge in [0.2, 0.25) is 10.0 Å². The van der Waals surface area contributed by atoms with Gasteiger partial charge >= 0.3 is 0 Å². The molecule has 0 saturated carbocycles. The summed E-state index contributed by atoms with van der Waals surface area (Å²) in [5, 5.41) is 0.815. The average Bonchev–Trinajstić information content (AvgIpc) is 2.73. The zero-order valence-electron chi connectivity index (χ0n) is 15.9. The van der Waals surface area contributed by atoms with Crippen LogP contribution in [-0.4, -0.2) is 62.9 Å². The Balaban J connectivity index is 1.64. The maximum atomic E-state index is 12.9. The molecule has 1 aliphatic heterocycles. The van der Waals surface area contributed by atoms with Gasteiger partial charge in [-0.15, -0.1) is 0 Å². The molecular weight excluding hydrogens is 435 g/mol. The Kier molecular flexibility index (Phi) is 7.19. The molecule has 0 N–H and O–H groups in total. The zero-order valence-corrected chi connectivity index (χ0v) is 18.3. The average molecular weight is 457 g/mol. The lowest BCUT2D eigenvalue weighted by Crippen LogP contribution is -2.52. The third-order valence-corrected chi connectivity index (χ3v) is 7.40. The van der Waals surface area contributed by atoms with Gasteiger partial charge in [0.1, 0.15) is 11.0 Å². The van der Waals surface area contributed by atoms with Crippen LogP contribution in [0.3, 0.4) is 0 Å². The SMILES string of the molecule is CN(CCc1ccc(Cl)cc1)C(=O)C1CN(S(=O)(=O)c2ccccc2Cl)CCO1. The van der Waals surface area contributed by atoms with Crippen molar-refractivity contribution in [3.8, 4) is 0 Å². The molecule has 1 atom stereocenters. The molecule has 1 fully saturated rings. The van der Waals surface area contributed by atoms with Crippen LogP contribution in [0.25, 0.3) is 0 Å². The first kappa shape index (κ1) is 22.1. The number of morpholine rings is 1. The Labute approximate surface area is 181 Å². The van der Waals surface area contributed by atoms with Gasteiger partial charge in [-0.25, -0.2) is 8.42 Å². The van der Waals surface area contributed by atoms with Gasteiger partial charge in [0.05, 0.1) is 11.6 Å². The van der Waals surface area contributed by atoms with Crippen LogP contribution >= 0.6 is 23.2 Å². The molecule has 156 valence electrons. The highest BCUT2D eigenvalue weighted by Crippen LogP contribution is 2.25. The summed E-state index contributed by atoms with van der Waals surface area (Å²) in [4.78, 5) is 14.4. The van der Waals surface area contributed by atoms with Crippen LogP contribution in [0.4, 0.5) is 0 Å². The van der Waals surface area contributed by atoms with E-state index in [2.05, 4.69) is 0 Å². The van der Waals surface area contributed by atoms with Crippen molar-refractivity contribution in [1.82, 2.24) is 9.21 Å². The van der Waals surface area contributed by atoms with E-state index in [-0.39, 0.29) is 35.5 Å². The van der Waals surface area contributed by atoms with Crippen LogP contribution in [0, 0.1) is 0 Å². The van der Waals surface area contributed by atoms with Crippen LogP contribution in [0.1, 0.15) is 5.56 Å². The van der Waals surface area contributed by atoms with Gasteiger partial charge in [-0.3, -0.25) is 4.79 Å². The first-order valence-corrected chi connectivity index (χ1v) is 11.3. The fourth-order valence-electron chi connectivity index (χ4n) is 3.09. The Morgan fingerprint density at radius 2 is 1.86 bits per heavy atom. The van der Waals surface area contributed by atoms with E-state index >= 15 is 0 Å². The van der Waals surface area contributed by atoms with Crippen LogP contribution in [0.5, 0.6) is 0 Å². The standard InChI is InChI=1S/C20H22Cl2N2O4S/c1-23(11-10-15-6-8-16(21)9-7-15)20(25)18-14-24(12-13-28-18)29(26,27)19-5-3-2-4-17(19)22/h2-9,18H,10-14H2,1H3. The fourth-order valence-corrected chi connectivity index (χ4v) is 5.13. The van der Waals surface area contributed by atoms with Crippen molar-refractivity contribution in [3.63, 3.8) is 0 Å². The molecule has 0 spiro atoms. The quantitative estimate of drug-likeness (QED) is 0.669. The highest BCUT2D eigenvalue weighted by molar-refractivity contribution is 7.89. The normalized spacial score (nSPS) is 17.8. The lowest BCUT2D eigenvalue weighted by atomic mass is 10.1. The molecule has 1 aliphatic rings. The van der Waals surface area contributed by atoms with E-state index in [1.54, 1.807) is 36.2 Å². The molecule has 0 bridgehead atoms.